The lowest BCUT2D eigenvalue weighted by atomic mass is 10.1. The average Bonchev–Trinajstić information content (AvgIpc) is 2.89. The van der Waals surface area contributed by atoms with Gasteiger partial charge in [0.1, 0.15) is 6.04 Å². The van der Waals surface area contributed by atoms with Crippen molar-refractivity contribution in [3.05, 3.63) is 57.2 Å². The smallest absolute Gasteiger partial charge is 0.122 e. The highest BCUT2D eigenvalue weighted by molar-refractivity contribution is 8.93. The van der Waals surface area contributed by atoms with Crippen LogP contribution in [0, 0.1) is 11.3 Å². The van der Waals surface area contributed by atoms with Crippen LogP contribution in [0.1, 0.15) is 16.5 Å². The van der Waals surface area contributed by atoms with E-state index in [4.69, 9.17) is 11.6 Å². The molecular weight excluding hydrogens is 344 g/mol. The third-order valence-electron chi connectivity index (χ3n) is 2.65. The predicted molar refractivity (Wildman–Crippen MR) is 86.2 cm³/mol. The molecule has 0 saturated carbocycles. The molecule has 2 rings (SSSR count). The predicted octanol–water partition coefficient (Wildman–Crippen LogP) is 4.38. The topological polar surface area (TPSA) is 35.8 Å². The highest BCUT2D eigenvalue weighted by atomic mass is 79.9. The van der Waals surface area contributed by atoms with E-state index < -0.39 is 0 Å². The Balaban J connectivity index is 0.00000180. The van der Waals surface area contributed by atoms with Gasteiger partial charge in [-0.15, -0.1) is 28.3 Å². The molecule has 100 valence electrons. The maximum atomic E-state index is 9.19. The van der Waals surface area contributed by atoms with Gasteiger partial charge in [-0.1, -0.05) is 35.9 Å². The van der Waals surface area contributed by atoms with E-state index in [-0.39, 0.29) is 23.0 Å². The first-order valence-corrected chi connectivity index (χ1v) is 6.97. The zero-order valence-corrected chi connectivity index (χ0v) is 13.5. The number of benzene rings is 1. The van der Waals surface area contributed by atoms with E-state index in [0.717, 1.165) is 18.5 Å². The van der Waals surface area contributed by atoms with E-state index >= 15 is 0 Å². The van der Waals surface area contributed by atoms with Gasteiger partial charge in [0.2, 0.25) is 0 Å². The van der Waals surface area contributed by atoms with Crippen LogP contribution in [0.3, 0.4) is 0 Å². The molecule has 0 fully saturated rings. The van der Waals surface area contributed by atoms with Gasteiger partial charge in [-0.05, 0) is 23.9 Å². The van der Waals surface area contributed by atoms with Gasteiger partial charge in [0, 0.05) is 22.0 Å². The number of hydrogen-bond acceptors (Lipinski definition) is 3. The molecule has 0 aliphatic carbocycles. The summed E-state index contributed by atoms with van der Waals surface area (Å²) in [6, 6.07) is 13.5. The molecule has 0 aliphatic rings. The van der Waals surface area contributed by atoms with E-state index in [1.54, 1.807) is 11.3 Å². The van der Waals surface area contributed by atoms with Crippen LogP contribution in [-0.2, 0) is 6.42 Å². The van der Waals surface area contributed by atoms with Crippen molar-refractivity contribution in [1.29, 1.82) is 5.26 Å². The zero-order chi connectivity index (χ0) is 12.8. The maximum Gasteiger partial charge on any atom is 0.122 e. The molecule has 0 aliphatic heterocycles. The van der Waals surface area contributed by atoms with E-state index in [2.05, 4.69) is 22.8 Å². The Labute approximate surface area is 132 Å². The van der Waals surface area contributed by atoms with E-state index in [1.165, 1.54) is 4.88 Å². The van der Waals surface area contributed by atoms with Gasteiger partial charge in [-0.2, -0.15) is 5.26 Å². The van der Waals surface area contributed by atoms with Crippen LogP contribution in [-0.4, -0.2) is 6.54 Å². The molecule has 1 N–H and O–H groups in total. The molecule has 5 heteroatoms. The van der Waals surface area contributed by atoms with Crippen molar-refractivity contribution in [1.82, 2.24) is 5.32 Å². The molecule has 2 aromatic rings. The fourth-order valence-corrected chi connectivity index (χ4v) is 2.68. The maximum absolute atomic E-state index is 9.19. The quantitative estimate of drug-likeness (QED) is 0.862. The minimum absolute atomic E-state index is 0. The Morgan fingerprint density at radius 1 is 1.26 bits per heavy atom. The lowest BCUT2D eigenvalue weighted by Crippen LogP contribution is -2.22. The lowest BCUT2D eigenvalue weighted by molar-refractivity contribution is 0.632. The van der Waals surface area contributed by atoms with Gasteiger partial charge in [0.05, 0.1) is 6.07 Å². The monoisotopic (exact) mass is 356 g/mol. The molecule has 2 nitrogen and oxygen atoms in total. The summed E-state index contributed by atoms with van der Waals surface area (Å²) in [5.74, 6) is 0. The Morgan fingerprint density at radius 2 is 2.05 bits per heavy atom. The Morgan fingerprint density at radius 3 is 2.68 bits per heavy atom. The summed E-state index contributed by atoms with van der Waals surface area (Å²) in [7, 11) is 0. The van der Waals surface area contributed by atoms with Crippen LogP contribution < -0.4 is 5.32 Å². The Bertz CT molecular complexity index is 537. The molecule has 0 radical (unpaired) electrons. The zero-order valence-electron chi connectivity index (χ0n) is 10.2. The van der Waals surface area contributed by atoms with Crippen LogP contribution in [0.4, 0.5) is 0 Å². The summed E-state index contributed by atoms with van der Waals surface area (Å²) >= 11 is 7.82. The van der Waals surface area contributed by atoms with Crippen LogP contribution in [0.2, 0.25) is 5.02 Å². The second-order valence-corrected chi connectivity index (χ2v) is 5.31. The normalized spacial score (nSPS) is 11.4. The average molecular weight is 358 g/mol. The van der Waals surface area contributed by atoms with Gasteiger partial charge < -0.3 is 0 Å². The summed E-state index contributed by atoms with van der Waals surface area (Å²) in [6.45, 7) is 0.768. The number of nitrogens with one attached hydrogen (secondary N) is 1. The fourth-order valence-electron chi connectivity index (χ4n) is 1.73. The van der Waals surface area contributed by atoms with Crippen molar-refractivity contribution in [2.24, 2.45) is 0 Å². The van der Waals surface area contributed by atoms with Crippen molar-refractivity contribution in [2.45, 2.75) is 12.5 Å². The van der Waals surface area contributed by atoms with Gasteiger partial charge in [0.25, 0.3) is 0 Å². The number of thiophene rings is 1. The molecule has 1 heterocycles. The second kappa shape index (κ2) is 8.34. The van der Waals surface area contributed by atoms with Crippen molar-refractivity contribution >= 4 is 39.9 Å². The minimum Gasteiger partial charge on any atom is -0.298 e. The molecule has 1 unspecified atom stereocenters. The van der Waals surface area contributed by atoms with Crippen LogP contribution >= 0.6 is 39.9 Å². The third-order valence-corrected chi connectivity index (χ3v) is 3.93. The molecule has 0 amide bonds. The van der Waals surface area contributed by atoms with Crippen LogP contribution in [0.5, 0.6) is 0 Å². The van der Waals surface area contributed by atoms with Gasteiger partial charge in [-0.3, -0.25) is 5.32 Å². The number of hydrogen-bond donors (Lipinski definition) is 1. The molecule has 19 heavy (non-hydrogen) atoms. The van der Waals surface area contributed by atoms with Crippen molar-refractivity contribution in [3.63, 3.8) is 0 Å². The molecule has 1 aromatic heterocycles. The van der Waals surface area contributed by atoms with E-state index in [9.17, 15) is 5.26 Å². The first-order chi connectivity index (χ1) is 8.81. The highest BCUT2D eigenvalue weighted by Crippen LogP contribution is 2.22. The summed E-state index contributed by atoms with van der Waals surface area (Å²) in [4.78, 5) is 1.32. The van der Waals surface area contributed by atoms with Crippen LogP contribution in [0.25, 0.3) is 0 Å². The lowest BCUT2D eigenvalue weighted by Gasteiger charge is -2.12. The second-order valence-electron chi connectivity index (χ2n) is 3.87. The van der Waals surface area contributed by atoms with Crippen LogP contribution in [0.15, 0.2) is 41.8 Å². The van der Waals surface area contributed by atoms with E-state index in [0.29, 0.717) is 5.02 Å². The van der Waals surface area contributed by atoms with Gasteiger partial charge >= 0.3 is 0 Å². The first kappa shape index (κ1) is 16.2. The van der Waals surface area contributed by atoms with Gasteiger partial charge in [0.15, 0.2) is 0 Å². The SMILES string of the molecule is Br.N#CC(NCCc1cccs1)c1ccccc1Cl. The van der Waals surface area contributed by atoms with E-state index in [1.807, 2.05) is 30.3 Å². The van der Waals surface area contributed by atoms with Crippen molar-refractivity contribution in [2.75, 3.05) is 6.54 Å². The first-order valence-electron chi connectivity index (χ1n) is 5.71. The molecule has 1 atom stereocenters. The molecule has 1 aromatic carbocycles. The van der Waals surface area contributed by atoms with Crippen molar-refractivity contribution < 1.29 is 0 Å². The van der Waals surface area contributed by atoms with Crippen molar-refractivity contribution in [3.8, 4) is 6.07 Å². The Hall–Kier alpha value is -0.860. The Kier molecular flexibility index (Phi) is 7.11. The number of halogens is 2. The standard InChI is InChI=1S/C14H13ClN2S.BrH/c15-13-6-2-1-5-12(13)14(10-16)17-8-7-11-4-3-9-18-11;/h1-6,9,14,17H,7-8H2;1H. The number of rotatable bonds is 5. The number of nitrogens with zero attached hydrogens (tertiary/aromatic N) is 1. The molecule has 0 spiro atoms. The summed E-state index contributed by atoms with van der Waals surface area (Å²) in [5, 5.41) is 15.1. The number of nitriles is 1. The summed E-state index contributed by atoms with van der Waals surface area (Å²) in [5.41, 5.74) is 0.841. The minimum atomic E-state index is -0.348. The fraction of sp³-hybridized carbons (Fsp3) is 0.214. The molecule has 0 saturated heterocycles. The largest absolute Gasteiger partial charge is 0.298 e. The third kappa shape index (κ3) is 4.63. The molecular formula is C14H14BrClN2S. The summed E-state index contributed by atoms with van der Waals surface area (Å²) in [6.07, 6.45) is 0.931. The highest BCUT2D eigenvalue weighted by Gasteiger charge is 2.12. The summed E-state index contributed by atoms with van der Waals surface area (Å²) < 4.78 is 0. The molecule has 0 bridgehead atoms. The van der Waals surface area contributed by atoms with Gasteiger partial charge in [-0.25, -0.2) is 0 Å².